The smallest absolute Gasteiger partial charge is 0.349 e. The Morgan fingerprint density at radius 3 is 0.717 bits per heavy atom. The van der Waals surface area contributed by atoms with Gasteiger partial charge in [0.05, 0.1) is 19.8 Å². The molecule has 0 fully saturated rings. The number of carbonyl (C=O) groups excluding carboxylic acids is 7. The molecule has 0 bridgehead atoms. The average Bonchev–Trinajstić information content (AvgIpc) is 0.826. The van der Waals surface area contributed by atoms with Crippen LogP contribution in [0.1, 0.15) is 145 Å². The van der Waals surface area contributed by atoms with Crippen molar-refractivity contribution in [3.8, 4) is 23.0 Å². The van der Waals surface area contributed by atoms with E-state index in [2.05, 4.69) is 52.2 Å². The van der Waals surface area contributed by atoms with Gasteiger partial charge in [0.2, 0.25) is 0 Å². The van der Waals surface area contributed by atoms with Crippen LogP contribution >= 0.6 is 78.3 Å². The first-order valence-corrected chi connectivity index (χ1v) is 37.6. The number of halogens is 6. The van der Waals surface area contributed by atoms with E-state index in [1.807, 2.05) is 0 Å². The first-order chi connectivity index (χ1) is 53.1. The predicted molar refractivity (Wildman–Crippen MR) is 430 cm³/mol. The summed E-state index contributed by atoms with van der Waals surface area (Å²) < 4.78 is 37.9. The van der Waals surface area contributed by atoms with Crippen molar-refractivity contribution in [1.29, 1.82) is 0 Å². The Kier molecular flexibility index (Phi) is 45.9. The van der Waals surface area contributed by atoms with Gasteiger partial charge in [0.15, 0.2) is 56.2 Å². The zero-order valence-electron chi connectivity index (χ0n) is 62.3. The van der Waals surface area contributed by atoms with Crippen LogP contribution in [0.3, 0.4) is 0 Å². The summed E-state index contributed by atoms with van der Waals surface area (Å²) in [6, 6.07) is 52.5. The van der Waals surface area contributed by atoms with E-state index >= 15 is 0 Å². The monoisotopic (exact) mass is 1860 g/mol. The van der Waals surface area contributed by atoms with Crippen molar-refractivity contribution in [3.63, 3.8) is 0 Å². The van der Waals surface area contributed by atoms with Crippen LogP contribution in [0.5, 0.6) is 23.0 Å². The molecule has 0 atom stereocenters. The van der Waals surface area contributed by atoms with Crippen LogP contribution in [0.25, 0.3) is 0 Å². The molecular formula is C80H82AgBr2Cl4N3O23-. The maximum atomic E-state index is 12.5. The first-order valence-electron chi connectivity index (χ1n) is 33.8. The minimum Gasteiger partial charge on any atom is -0.478 e. The quantitative estimate of drug-likeness (QED) is 0.00544. The zero-order valence-corrected chi connectivity index (χ0v) is 70.0. The molecule has 0 unspecified atom stereocenters. The number of nitrogens with zero attached hydrogens (tertiary/aromatic N) is 3. The van der Waals surface area contributed by atoms with Gasteiger partial charge in [-0.25, -0.2) is 19.2 Å². The Bertz CT molecular complexity index is 4160. The van der Waals surface area contributed by atoms with Gasteiger partial charge in [0.25, 0.3) is 0 Å². The summed E-state index contributed by atoms with van der Waals surface area (Å²) in [7, 11) is 0. The summed E-state index contributed by atoms with van der Waals surface area (Å²) in [4.78, 5) is 133. The van der Waals surface area contributed by atoms with Gasteiger partial charge >= 0.3 is 23.9 Å². The van der Waals surface area contributed by atoms with E-state index in [0.717, 1.165) is 28.8 Å². The molecule has 0 aliphatic carbocycles. The molecule has 2 N–H and O–H groups in total. The van der Waals surface area contributed by atoms with E-state index in [-0.39, 0.29) is 71.9 Å². The van der Waals surface area contributed by atoms with Crippen LogP contribution in [0.2, 0.25) is 20.1 Å². The molecule has 8 aromatic carbocycles. The summed E-state index contributed by atoms with van der Waals surface area (Å²) in [6.45, 7) is 13.5. The SMILES string of the molecule is CC(C)(Oc1ccc(C(=O)c2ccc(Cl)cc2)cc1)C(=O)O.CC(C)(Oc1ccc(C(=O)c2ccc(Cl)cc2)cc1)C(=O)OCCCBr.CC(C)(Oc1ccc(C(=O)c2ccc(Cl)cc2)cc1)C(=O)OCCCON=O.CC(C)(Oc1ccc(C(=O)c2ccc(Cl)cc2)cc1)C(=O)OCCCON=O.O=N[O-].OCCCBr.[Ag]. The zero-order chi connectivity index (χ0) is 83.5. The van der Waals surface area contributed by atoms with Crippen LogP contribution in [0, 0.1) is 19.9 Å². The number of ether oxygens (including phenoxy) is 7. The van der Waals surface area contributed by atoms with E-state index in [0.29, 0.717) is 114 Å². The van der Waals surface area contributed by atoms with Crippen LogP contribution in [-0.4, -0.2) is 130 Å². The Morgan fingerprint density at radius 2 is 0.540 bits per heavy atom. The second-order valence-corrected chi connectivity index (χ2v) is 28.3. The van der Waals surface area contributed by atoms with Gasteiger partial charge < -0.3 is 63.2 Å². The van der Waals surface area contributed by atoms with Crippen molar-refractivity contribution < 1.29 is 114 Å². The van der Waals surface area contributed by atoms with Gasteiger partial charge in [-0.2, -0.15) is 0 Å². The number of aliphatic hydroxyl groups is 1. The van der Waals surface area contributed by atoms with Gasteiger partial charge in [0.1, 0.15) is 36.2 Å². The second kappa shape index (κ2) is 52.0. The van der Waals surface area contributed by atoms with Crippen molar-refractivity contribution in [2.24, 2.45) is 16.0 Å². The Labute approximate surface area is 705 Å². The van der Waals surface area contributed by atoms with Crippen LogP contribution in [0.15, 0.2) is 210 Å². The number of ketones is 4. The molecule has 113 heavy (non-hydrogen) atoms. The molecule has 0 saturated carbocycles. The molecule has 8 rings (SSSR count). The molecule has 33 heteroatoms. The fourth-order valence-corrected chi connectivity index (χ4v) is 9.55. The Hall–Kier alpha value is -9.46. The van der Waals surface area contributed by atoms with E-state index < -0.39 is 46.3 Å². The molecule has 0 spiro atoms. The van der Waals surface area contributed by atoms with Gasteiger partial charge in [0, 0.05) is 117 Å². The molecule has 0 aliphatic rings. The third kappa shape index (κ3) is 36.9. The summed E-state index contributed by atoms with van der Waals surface area (Å²) in [5.74, 6) is -1.44. The molecule has 609 valence electrons. The number of benzene rings is 8. The fraction of sp³-hybridized carbons (Fsp3) is 0.300. The minimum atomic E-state index is -1.33. The summed E-state index contributed by atoms with van der Waals surface area (Å²) >= 11 is 29.7. The number of rotatable bonds is 35. The van der Waals surface area contributed by atoms with Crippen molar-refractivity contribution in [2.45, 2.75) is 103 Å². The predicted octanol–water partition coefficient (Wildman–Crippen LogP) is 18.6. The van der Waals surface area contributed by atoms with Crippen LogP contribution in [0.4, 0.5) is 0 Å². The third-order valence-corrected chi connectivity index (χ3v) is 16.6. The number of aliphatic carboxylic acids is 1. The Morgan fingerprint density at radius 1 is 0.345 bits per heavy atom. The van der Waals surface area contributed by atoms with Crippen LogP contribution in [-0.2, 0) is 65.4 Å². The number of carbonyl (C=O) groups is 8. The number of hydrogen-bond acceptors (Lipinski definition) is 25. The van der Waals surface area contributed by atoms with E-state index in [9.17, 15) is 48.2 Å². The molecule has 0 aromatic heterocycles. The minimum absolute atomic E-state index is 0. The second-order valence-electron chi connectivity index (χ2n) is 25.0. The van der Waals surface area contributed by atoms with Crippen molar-refractivity contribution in [3.05, 3.63) is 279 Å². The molecule has 0 saturated heterocycles. The van der Waals surface area contributed by atoms with Crippen molar-refractivity contribution >= 4 is 125 Å². The third-order valence-electron chi connectivity index (χ3n) is 14.5. The summed E-state index contributed by atoms with van der Waals surface area (Å²) in [5, 5.41) is 34.5. The molecular weight excluding hydrogens is 1780 g/mol. The standard InChI is InChI=1S/C20H20BrClO4.2C20H20ClNO6.C17H15ClO4.C3H7BrO.Ag.HNO2/c1-20(2,19(24)25-13-3-12-21)26-17-10-6-15(7-11-17)18(23)14-4-8-16(22)9-5-14;2*1-20(2,19(24)26-12-3-13-27-22-25)28-17-10-6-15(7-11-17)18(23)14-4-8-16(21)9-5-14;1-17(2,16(20)21)22-14-9-5-12(6-10-14)15(19)11-3-7-13(18)8-4-11;4-2-1-3-5;;2-1-3/h4-11H,3,12-13H2,1-2H3;2*4-11H,3,12-13H2,1-2H3;3-10H,1-2H3,(H,20,21);5H,1-3H2;;(H,2,3)/p-1. The molecule has 0 heterocycles. The molecule has 0 aliphatic heterocycles. The molecule has 1 radical (unpaired) electrons. The maximum Gasteiger partial charge on any atom is 0.349 e. The molecule has 0 amide bonds. The van der Waals surface area contributed by atoms with E-state index in [1.54, 1.807) is 236 Å². The average molecular weight is 1860 g/mol. The topological polar surface area (TPSA) is 371 Å². The van der Waals surface area contributed by atoms with E-state index in [1.165, 1.54) is 13.8 Å². The summed E-state index contributed by atoms with van der Waals surface area (Å²) in [6.07, 6.45) is 2.29. The fourth-order valence-electron chi connectivity index (χ4n) is 8.57. The number of aliphatic hydroxyl groups excluding tert-OH is 1. The first kappa shape index (κ1) is 99.6. The molecule has 8 aromatic rings. The van der Waals surface area contributed by atoms with Gasteiger partial charge in [-0.05, 0) is 262 Å². The normalized spacial score (nSPS) is 10.5. The molecule has 26 nitrogen and oxygen atoms in total. The van der Waals surface area contributed by atoms with Crippen LogP contribution < -0.4 is 18.9 Å². The van der Waals surface area contributed by atoms with E-state index in [4.69, 9.17) is 99.9 Å². The number of carboxylic acids is 1. The maximum absolute atomic E-state index is 12.5. The summed E-state index contributed by atoms with van der Waals surface area (Å²) in [5.41, 5.74) is -0.792. The van der Waals surface area contributed by atoms with Crippen molar-refractivity contribution in [2.75, 3.05) is 50.3 Å². The Balaban J connectivity index is 0.000000494. The van der Waals surface area contributed by atoms with Gasteiger partial charge in [-0.15, -0.1) is 15.2 Å². The number of alkyl halides is 2. The largest absolute Gasteiger partial charge is 0.478 e. The number of esters is 3. The number of carboxylic acid groups (broad SMARTS) is 1. The number of hydrogen-bond donors (Lipinski definition) is 2. The van der Waals surface area contributed by atoms with Crippen molar-refractivity contribution in [1.82, 2.24) is 0 Å². The van der Waals surface area contributed by atoms with Gasteiger partial charge in [-0.1, -0.05) is 78.3 Å². The van der Waals surface area contributed by atoms with Gasteiger partial charge in [-0.3, -0.25) is 19.2 Å².